The molecule has 1 amide bonds. The molecule has 1 aliphatic heterocycles. The minimum absolute atomic E-state index is 0.0413. The first-order valence-corrected chi connectivity index (χ1v) is 11.0. The highest BCUT2D eigenvalue weighted by molar-refractivity contribution is 7.89. The highest BCUT2D eigenvalue weighted by Crippen LogP contribution is 2.19. The minimum Gasteiger partial charge on any atom is -0.347 e. The number of benzene rings is 2. The zero-order valence-corrected chi connectivity index (χ0v) is 17.2. The molecule has 29 heavy (non-hydrogen) atoms. The van der Waals surface area contributed by atoms with E-state index in [2.05, 4.69) is 5.32 Å². The van der Waals surface area contributed by atoms with Gasteiger partial charge in [0.1, 0.15) is 6.07 Å². The van der Waals surface area contributed by atoms with E-state index >= 15 is 0 Å². The molecule has 1 saturated heterocycles. The van der Waals surface area contributed by atoms with Crippen molar-refractivity contribution in [3.05, 3.63) is 65.7 Å². The van der Waals surface area contributed by atoms with Crippen LogP contribution in [0.25, 0.3) is 0 Å². The summed E-state index contributed by atoms with van der Waals surface area (Å²) < 4.78 is 27.3. The van der Waals surface area contributed by atoms with E-state index in [1.807, 2.05) is 43.3 Å². The maximum Gasteiger partial charge on any atom is 0.278 e. The lowest BCUT2D eigenvalue weighted by molar-refractivity contribution is -0.917. The van der Waals surface area contributed by atoms with Crippen molar-refractivity contribution in [2.75, 3.05) is 26.2 Å². The molecule has 0 unspecified atom stereocenters. The molecule has 0 spiro atoms. The fourth-order valence-corrected chi connectivity index (χ4v) is 5.08. The van der Waals surface area contributed by atoms with E-state index in [1.54, 1.807) is 12.1 Å². The number of quaternary nitrogens is 1. The number of hydrogen-bond donors (Lipinski definition) is 2. The second-order valence-electron chi connectivity index (χ2n) is 7.10. The Hall–Kier alpha value is -2.73. The first-order chi connectivity index (χ1) is 13.9. The van der Waals surface area contributed by atoms with Crippen LogP contribution in [0.2, 0.25) is 0 Å². The summed E-state index contributed by atoms with van der Waals surface area (Å²) in [5.41, 5.74) is 1.19. The summed E-state index contributed by atoms with van der Waals surface area (Å²) in [6.45, 7) is 4.04. The Morgan fingerprint density at radius 2 is 1.76 bits per heavy atom. The number of nitrogens with zero attached hydrogens (tertiary/aromatic N) is 2. The lowest BCUT2D eigenvalue weighted by Crippen LogP contribution is -3.19. The van der Waals surface area contributed by atoms with Gasteiger partial charge in [-0.2, -0.15) is 9.57 Å². The fourth-order valence-electron chi connectivity index (χ4n) is 3.49. The number of carbonyl (C=O) groups is 1. The molecule has 2 N–H and O–H groups in total. The summed E-state index contributed by atoms with van der Waals surface area (Å²) >= 11 is 0. The zero-order valence-electron chi connectivity index (χ0n) is 16.3. The van der Waals surface area contributed by atoms with Gasteiger partial charge < -0.3 is 10.2 Å². The van der Waals surface area contributed by atoms with Crippen LogP contribution in [0.3, 0.4) is 0 Å². The van der Waals surface area contributed by atoms with Gasteiger partial charge in [-0.1, -0.05) is 42.5 Å². The molecule has 1 heterocycles. The Morgan fingerprint density at radius 3 is 2.41 bits per heavy atom. The summed E-state index contributed by atoms with van der Waals surface area (Å²) in [5.74, 6) is -0.0463. The molecule has 2 aromatic carbocycles. The van der Waals surface area contributed by atoms with Gasteiger partial charge in [-0.3, -0.25) is 4.79 Å². The summed E-state index contributed by atoms with van der Waals surface area (Å²) in [4.78, 5) is 13.6. The highest BCUT2D eigenvalue weighted by atomic mass is 32.2. The van der Waals surface area contributed by atoms with Crippen LogP contribution in [0.15, 0.2) is 59.5 Å². The highest BCUT2D eigenvalue weighted by Gasteiger charge is 2.35. The zero-order chi connectivity index (χ0) is 20.9. The molecule has 0 radical (unpaired) electrons. The maximum absolute atomic E-state index is 12.9. The smallest absolute Gasteiger partial charge is 0.278 e. The Morgan fingerprint density at radius 1 is 1.14 bits per heavy atom. The number of amides is 1. The van der Waals surface area contributed by atoms with Crippen molar-refractivity contribution in [3.63, 3.8) is 0 Å². The fraction of sp³-hybridized carbons (Fsp3) is 0.333. The molecule has 8 heteroatoms. The van der Waals surface area contributed by atoms with Crippen LogP contribution in [0, 0.1) is 11.3 Å². The van der Waals surface area contributed by atoms with E-state index in [1.165, 1.54) is 16.4 Å². The Labute approximate surface area is 171 Å². The quantitative estimate of drug-likeness (QED) is 0.705. The van der Waals surface area contributed by atoms with E-state index < -0.39 is 10.0 Å². The Kier molecular flexibility index (Phi) is 6.64. The van der Waals surface area contributed by atoms with Crippen LogP contribution in [0.5, 0.6) is 0 Å². The monoisotopic (exact) mass is 413 g/mol. The van der Waals surface area contributed by atoms with Crippen molar-refractivity contribution in [3.8, 4) is 6.07 Å². The van der Waals surface area contributed by atoms with Gasteiger partial charge >= 0.3 is 0 Å². The van der Waals surface area contributed by atoms with Crippen molar-refractivity contribution >= 4 is 15.9 Å². The molecule has 2 aromatic rings. The molecule has 1 aliphatic rings. The lowest BCUT2D eigenvalue weighted by Gasteiger charge is -2.34. The molecule has 1 fully saturated rings. The van der Waals surface area contributed by atoms with E-state index in [0.29, 0.717) is 32.7 Å². The summed E-state index contributed by atoms with van der Waals surface area (Å²) in [6.07, 6.45) is 0. The molecule has 1 atom stereocenters. The summed E-state index contributed by atoms with van der Waals surface area (Å²) in [5, 5.41) is 12.2. The van der Waals surface area contributed by atoms with Crippen LogP contribution >= 0.6 is 0 Å². The van der Waals surface area contributed by atoms with Crippen LogP contribution < -0.4 is 10.2 Å². The molecule has 3 rings (SSSR count). The molecule has 0 bridgehead atoms. The predicted molar refractivity (Wildman–Crippen MR) is 108 cm³/mol. The second-order valence-corrected chi connectivity index (χ2v) is 9.00. The molecule has 0 aromatic heterocycles. The SMILES string of the molecule is C[C@@H](C(=O)NCc1ccccc1)[NH+]1CCN(S(=O)(=O)c2ccccc2C#N)CC1. The van der Waals surface area contributed by atoms with Crippen LogP contribution in [0.1, 0.15) is 18.1 Å². The molecule has 152 valence electrons. The largest absolute Gasteiger partial charge is 0.347 e. The summed E-state index contributed by atoms with van der Waals surface area (Å²) in [6, 6.07) is 17.6. The molecular formula is C21H25N4O3S+. The number of rotatable bonds is 6. The van der Waals surface area contributed by atoms with Crippen molar-refractivity contribution < 1.29 is 18.1 Å². The number of nitriles is 1. The van der Waals surface area contributed by atoms with Gasteiger partial charge in [-0.25, -0.2) is 8.42 Å². The molecular weight excluding hydrogens is 388 g/mol. The first kappa shape index (κ1) is 21.0. The van der Waals surface area contributed by atoms with Gasteiger partial charge in [0.05, 0.1) is 36.6 Å². The number of sulfonamides is 1. The van der Waals surface area contributed by atoms with Gasteiger partial charge in [0.2, 0.25) is 10.0 Å². The molecule has 0 aliphatic carbocycles. The van der Waals surface area contributed by atoms with Crippen LogP contribution in [-0.2, 0) is 21.4 Å². The average molecular weight is 414 g/mol. The van der Waals surface area contributed by atoms with E-state index in [0.717, 1.165) is 10.5 Å². The topological polar surface area (TPSA) is 94.7 Å². The number of carbonyl (C=O) groups excluding carboxylic acids is 1. The first-order valence-electron chi connectivity index (χ1n) is 9.59. The van der Waals surface area contributed by atoms with Gasteiger partial charge in [0.15, 0.2) is 6.04 Å². The van der Waals surface area contributed by atoms with Crippen LogP contribution in [0.4, 0.5) is 0 Å². The van der Waals surface area contributed by atoms with Crippen molar-refractivity contribution in [2.45, 2.75) is 24.4 Å². The van der Waals surface area contributed by atoms with E-state index in [4.69, 9.17) is 0 Å². The third-order valence-corrected chi connectivity index (χ3v) is 7.26. The van der Waals surface area contributed by atoms with Gasteiger partial charge in [0, 0.05) is 6.54 Å². The van der Waals surface area contributed by atoms with E-state index in [9.17, 15) is 18.5 Å². The van der Waals surface area contributed by atoms with Gasteiger partial charge in [0.25, 0.3) is 5.91 Å². The number of piperazine rings is 1. The van der Waals surface area contributed by atoms with Crippen molar-refractivity contribution in [1.82, 2.24) is 9.62 Å². The van der Waals surface area contributed by atoms with Gasteiger partial charge in [-0.15, -0.1) is 0 Å². The number of hydrogen-bond acceptors (Lipinski definition) is 4. The van der Waals surface area contributed by atoms with Crippen molar-refractivity contribution in [2.24, 2.45) is 0 Å². The second kappa shape index (κ2) is 9.18. The number of nitrogens with one attached hydrogen (secondary N) is 2. The van der Waals surface area contributed by atoms with Crippen LogP contribution in [-0.4, -0.2) is 50.9 Å². The average Bonchev–Trinajstić information content (AvgIpc) is 2.77. The maximum atomic E-state index is 12.9. The Bertz CT molecular complexity index is 994. The van der Waals surface area contributed by atoms with Crippen molar-refractivity contribution in [1.29, 1.82) is 5.26 Å². The third kappa shape index (κ3) is 4.82. The lowest BCUT2D eigenvalue weighted by atomic mass is 10.2. The van der Waals surface area contributed by atoms with Gasteiger partial charge in [-0.05, 0) is 24.6 Å². The third-order valence-electron chi connectivity index (χ3n) is 5.31. The standard InChI is InChI=1S/C21H24N4O3S/c1-17(21(26)23-16-18-7-3-2-4-8-18)24-11-13-25(14-12-24)29(27,28)20-10-6-5-9-19(20)15-22/h2-10,17H,11-14,16H2,1H3,(H,23,26)/p+1/t17-/m0/s1. The molecule has 7 nitrogen and oxygen atoms in total. The Balaban J connectivity index is 1.58. The molecule has 0 saturated carbocycles. The normalized spacial score (nSPS) is 16.7. The predicted octanol–water partition coefficient (Wildman–Crippen LogP) is 0.152. The summed E-state index contributed by atoms with van der Waals surface area (Å²) in [7, 11) is -3.72. The van der Waals surface area contributed by atoms with E-state index in [-0.39, 0.29) is 22.4 Å². The minimum atomic E-state index is -3.72.